The first-order valence-electron chi connectivity index (χ1n) is 12.8. The number of benzene rings is 1. The van der Waals surface area contributed by atoms with Gasteiger partial charge in [0.15, 0.2) is 5.54 Å². The zero-order chi connectivity index (χ0) is 25.2. The third-order valence-electron chi connectivity index (χ3n) is 10.3. The summed E-state index contributed by atoms with van der Waals surface area (Å²) in [5.41, 5.74) is -2.82. The van der Waals surface area contributed by atoms with Crippen molar-refractivity contribution in [1.82, 2.24) is 10.6 Å². The lowest BCUT2D eigenvalue weighted by atomic mass is 9.48. The van der Waals surface area contributed by atoms with Gasteiger partial charge in [0.2, 0.25) is 11.8 Å². The average molecular weight is 489 g/mol. The van der Waals surface area contributed by atoms with Crippen molar-refractivity contribution >= 4 is 11.8 Å². The van der Waals surface area contributed by atoms with E-state index in [1.54, 1.807) is 24.3 Å². The fourth-order valence-electron chi connectivity index (χ4n) is 8.18. The maximum atomic E-state index is 14.3. The van der Waals surface area contributed by atoms with E-state index in [0.717, 1.165) is 39.0 Å². The van der Waals surface area contributed by atoms with Crippen molar-refractivity contribution in [3.8, 4) is 0 Å². The molecule has 1 aromatic rings. The molecule has 3 saturated carbocycles. The molecule has 2 N–H and O–H groups in total. The van der Waals surface area contributed by atoms with Gasteiger partial charge in [-0.25, -0.2) is 0 Å². The monoisotopic (exact) mass is 488 g/mol. The molecule has 4 aliphatic rings. The Morgan fingerprint density at radius 2 is 1.74 bits per heavy atom. The highest BCUT2D eigenvalue weighted by Crippen LogP contribution is 2.65. The van der Waals surface area contributed by atoms with E-state index in [9.17, 15) is 22.8 Å². The van der Waals surface area contributed by atoms with Crippen LogP contribution in [-0.2, 0) is 15.1 Å². The molecule has 2 amide bonds. The summed E-state index contributed by atoms with van der Waals surface area (Å²) in [4.78, 5) is 25.5. The van der Waals surface area contributed by atoms with Crippen LogP contribution in [0.4, 0.5) is 13.2 Å². The van der Waals surface area contributed by atoms with Crippen molar-refractivity contribution in [1.29, 1.82) is 0 Å². The van der Waals surface area contributed by atoms with Crippen LogP contribution in [0.5, 0.6) is 0 Å². The van der Waals surface area contributed by atoms with Crippen molar-refractivity contribution in [3.05, 3.63) is 48.0 Å². The number of halogens is 3. The third-order valence-corrected chi connectivity index (χ3v) is 10.3. The molecule has 0 saturated heterocycles. The van der Waals surface area contributed by atoms with Gasteiger partial charge in [0.25, 0.3) is 0 Å². The molecule has 0 bridgehead atoms. The number of hydrogen-bond donors (Lipinski definition) is 2. The van der Waals surface area contributed by atoms with Crippen LogP contribution in [-0.4, -0.2) is 24.0 Å². The summed E-state index contributed by atoms with van der Waals surface area (Å²) in [5.74, 6) is 0.163. The minimum absolute atomic E-state index is 0.0321. The zero-order valence-corrected chi connectivity index (χ0v) is 20.6. The van der Waals surface area contributed by atoms with Gasteiger partial charge >= 0.3 is 6.18 Å². The minimum atomic E-state index is -4.62. The highest BCUT2D eigenvalue weighted by Gasteiger charge is 2.62. The van der Waals surface area contributed by atoms with Gasteiger partial charge < -0.3 is 10.6 Å². The number of hydrogen-bond acceptors (Lipinski definition) is 2. The smallest absolute Gasteiger partial charge is 0.349 e. The van der Waals surface area contributed by atoms with Gasteiger partial charge in [-0.2, -0.15) is 13.2 Å². The number of carbonyl (C=O) groups is 2. The predicted octanol–water partition coefficient (Wildman–Crippen LogP) is 5.49. The fraction of sp³-hybridized carbons (Fsp3) is 0.643. The molecule has 4 nitrogen and oxygen atoms in total. The Labute approximate surface area is 205 Å². The third kappa shape index (κ3) is 3.63. The Morgan fingerprint density at radius 1 is 1.03 bits per heavy atom. The average Bonchev–Trinajstić information content (AvgIpc) is 3.16. The highest BCUT2D eigenvalue weighted by molar-refractivity contribution is 5.89. The van der Waals surface area contributed by atoms with E-state index < -0.39 is 23.5 Å². The van der Waals surface area contributed by atoms with Crippen LogP contribution in [0.2, 0.25) is 0 Å². The Morgan fingerprint density at radius 3 is 2.43 bits per heavy atom. The van der Waals surface area contributed by atoms with Gasteiger partial charge in [-0.1, -0.05) is 50.3 Å². The molecule has 0 unspecified atom stereocenters. The number of carbonyl (C=O) groups excluding carboxylic acids is 2. The van der Waals surface area contributed by atoms with E-state index in [1.807, 2.05) is 0 Å². The number of amides is 2. The lowest BCUT2D eigenvalue weighted by Gasteiger charge is -2.58. The second-order valence-corrected chi connectivity index (χ2v) is 11.9. The molecule has 5 rings (SSSR count). The molecule has 0 spiro atoms. The predicted molar refractivity (Wildman–Crippen MR) is 127 cm³/mol. The van der Waals surface area contributed by atoms with Crippen molar-refractivity contribution in [3.63, 3.8) is 0 Å². The topological polar surface area (TPSA) is 58.2 Å². The van der Waals surface area contributed by atoms with Gasteiger partial charge in [-0.05, 0) is 80.3 Å². The fourth-order valence-corrected chi connectivity index (χ4v) is 8.18. The molecule has 8 atom stereocenters. The molecule has 0 radical (unpaired) electrons. The molecular formula is C28H35F3N2O2. The summed E-state index contributed by atoms with van der Waals surface area (Å²) in [5, 5.41) is 5.60. The lowest BCUT2D eigenvalue weighted by Crippen LogP contribution is -2.60. The molecule has 3 fully saturated rings. The molecule has 0 aromatic heterocycles. The van der Waals surface area contributed by atoms with Gasteiger partial charge in [0.1, 0.15) is 0 Å². The van der Waals surface area contributed by atoms with E-state index in [1.165, 1.54) is 12.1 Å². The summed E-state index contributed by atoms with van der Waals surface area (Å²) in [6.07, 6.45) is 4.22. The Hall–Kier alpha value is -2.31. The van der Waals surface area contributed by atoms with Crippen molar-refractivity contribution in [2.75, 3.05) is 0 Å². The first kappa shape index (κ1) is 24.4. The maximum absolute atomic E-state index is 14.3. The van der Waals surface area contributed by atoms with E-state index >= 15 is 0 Å². The summed E-state index contributed by atoms with van der Waals surface area (Å²) in [6.45, 7) is 5.43. The number of nitrogens with one attached hydrogen (secondary N) is 2. The molecule has 1 aliphatic heterocycles. The molecule has 3 aliphatic carbocycles. The quantitative estimate of drug-likeness (QED) is 0.591. The van der Waals surface area contributed by atoms with Crippen molar-refractivity contribution in [2.45, 2.75) is 77.1 Å². The largest absolute Gasteiger partial charge is 0.415 e. The van der Waals surface area contributed by atoms with Crippen LogP contribution < -0.4 is 10.6 Å². The van der Waals surface area contributed by atoms with Crippen LogP contribution in [0.15, 0.2) is 42.5 Å². The van der Waals surface area contributed by atoms with Crippen molar-refractivity contribution < 1.29 is 22.8 Å². The molecule has 1 aromatic carbocycles. The zero-order valence-electron chi connectivity index (χ0n) is 20.6. The van der Waals surface area contributed by atoms with E-state index in [2.05, 4.69) is 30.6 Å². The van der Waals surface area contributed by atoms with Crippen LogP contribution in [0.25, 0.3) is 0 Å². The van der Waals surface area contributed by atoms with Crippen LogP contribution in [0, 0.1) is 34.5 Å². The second-order valence-electron chi connectivity index (χ2n) is 11.9. The molecule has 190 valence electrons. The summed E-state index contributed by atoms with van der Waals surface area (Å²) >= 11 is 0. The molecule has 35 heavy (non-hydrogen) atoms. The first-order chi connectivity index (χ1) is 16.4. The molecule has 7 heteroatoms. The number of rotatable bonds is 3. The van der Waals surface area contributed by atoms with Crippen LogP contribution >= 0.6 is 0 Å². The van der Waals surface area contributed by atoms with Gasteiger partial charge in [-0.3, -0.25) is 9.59 Å². The summed E-state index contributed by atoms with van der Waals surface area (Å²) in [7, 11) is 0. The second kappa shape index (κ2) is 8.10. The minimum Gasteiger partial charge on any atom is -0.349 e. The van der Waals surface area contributed by atoms with Gasteiger partial charge in [0, 0.05) is 17.4 Å². The number of alkyl halides is 3. The molecule has 1 heterocycles. The molecular weight excluding hydrogens is 453 g/mol. The maximum Gasteiger partial charge on any atom is 0.415 e. The van der Waals surface area contributed by atoms with E-state index in [4.69, 9.17) is 0 Å². The Balaban J connectivity index is 1.39. The standard InChI is InChI=1S/C28H35F3N2O2/c1-25-15-13-20-18(9-12-22-26(20,2)16-14-23(34)32-22)19(25)10-11-21(25)24(35)33-27(3,28(29,30)31)17-7-5-4-6-8-17/h4-8,14,16,18-22H,9-13,15H2,1-3H3,(H,32,34)(H,33,35)/t18-,19-,20-,21+,22+,25-,26+,27-/m0/s1. The van der Waals surface area contributed by atoms with Crippen molar-refractivity contribution in [2.24, 2.45) is 34.5 Å². The van der Waals surface area contributed by atoms with Gasteiger partial charge in [0.05, 0.1) is 0 Å². The Bertz CT molecular complexity index is 1040. The highest BCUT2D eigenvalue weighted by atomic mass is 19.4. The number of fused-ring (bicyclic) bond motifs is 5. The Kier molecular flexibility index (Phi) is 5.65. The van der Waals surface area contributed by atoms with Crippen LogP contribution in [0.3, 0.4) is 0 Å². The van der Waals surface area contributed by atoms with Gasteiger partial charge in [-0.15, -0.1) is 0 Å². The normalized spacial score (nSPS) is 40.1. The SMILES string of the molecule is C[C@]12C=CC(=O)N[C@@H]1CC[C@@H]1[C@@H]2CC[C@]2(C)[C@@H](C(=O)N[C@@](C)(c3ccccc3)C(F)(F)F)CC[C@@H]12. The first-order valence-corrected chi connectivity index (χ1v) is 12.8. The lowest BCUT2D eigenvalue weighted by molar-refractivity contribution is -0.199. The van der Waals surface area contributed by atoms with E-state index in [0.29, 0.717) is 24.2 Å². The van der Waals surface area contributed by atoms with Crippen LogP contribution in [0.1, 0.15) is 64.9 Å². The summed E-state index contributed by atoms with van der Waals surface area (Å²) in [6, 6.07) is 7.79. The summed E-state index contributed by atoms with van der Waals surface area (Å²) < 4.78 is 42.8. The van der Waals surface area contributed by atoms with E-state index in [-0.39, 0.29) is 28.3 Å².